The minimum atomic E-state index is -4.85. The van der Waals surface area contributed by atoms with Crippen molar-refractivity contribution in [1.29, 1.82) is 5.26 Å². The molecule has 0 saturated heterocycles. The molecule has 2 nitrogen and oxygen atoms in total. The molecule has 0 aliphatic heterocycles. The lowest BCUT2D eigenvalue weighted by atomic mass is 10.1. The molecule has 8 heteroatoms. The molecule has 0 aromatic carbocycles. The summed E-state index contributed by atoms with van der Waals surface area (Å²) in [6.45, 7) is 0. The van der Waals surface area contributed by atoms with Crippen molar-refractivity contribution in [2.24, 2.45) is 0 Å². The van der Waals surface area contributed by atoms with Crippen molar-refractivity contribution in [2.45, 2.75) is 12.6 Å². The number of hydrogen-bond donors (Lipinski definition) is 0. The maximum absolute atomic E-state index is 12.3. The number of alkyl halides is 5. The summed E-state index contributed by atoms with van der Waals surface area (Å²) in [6, 6.07) is 1.20. The van der Waals surface area contributed by atoms with Crippen LogP contribution in [0.3, 0.4) is 0 Å². The second-order valence-electron chi connectivity index (χ2n) is 2.66. The lowest BCUT2D eigenvalue weighted by molar-refractivity contribution is -0.141. The molecule has 16 heavy (non-hydrogen) atoms. The summed E-state index contributed by atoms with van der Waals surface area (Å²) in [7, 11) is 0. The Kier molecular flexibility index (Phi) is 3.48. The van der Waals surface area contributed by atoms with E-state index in [9.17, 15) is 22.0 Å². The second-order valence-corrected chi connectivity index (χ2v) is 3.45. The first-order valence-electron chi connectivity index (χ1n) is 3.73. The number of halogens is 6. The molecule has 0 N–H and O–H groups in total. The molecular formula is C8H2BrF5N2. The molecule has 86 valence electrons. The van der Waals surface area contributed by atoms with E-state index >= 15 is 0 Å². The van der Waals surface area contributed by atoms with Crippen molar-refractivity contribution in [3.05, 3.63) is 27.5 Å². The second kappa shape index (κ2) is 4.33. The fourth-order valence-corrected chi connectivity index (χ4v) is 1.52. The summed E-state index contributed by atoms with van der Waals surface area (Å²) < 4.78 is 61.0. The molecule has 0 radical (unpaired) electrons. The van der Waals surface area contributed by atoms with E-state index in [2.05, 4.69) is 20.9 Å². The first-order chi connectivity index (χ1) is 7.29. The zero-order chi connectivity index (χ0) is 12.5. The van der Waals surface area contributed by atoms with Crippen LogP contribution in [-0.4, -0.2) is 4.98 Å². The van der Waals surface area contributed by atoms with E-state index in [1.54, 1.807) is 0 Å². The van der Waals surface area contributed by atoms with Crippen LogP contribution in [0.5, 0.6) is 0 Å². The van der Waals surface area contributed by atoms with Gasteiger partial charge in [-0.05, 0) is 15.9 Å². The molecule has 1 aromatic rings. The van der Waals surface area contributed by atoms with Gasteiger partial charge in [0.25, 0.3) is 6.43 Å². The van der Waals surface area contributed by atoms with Crippen molar-refractivity contribution < 1.29 is 22.0 Å². The summed E-state index contributed by atoms with van der Waals surface area (Å²) in [5.41, 5.74) is -3.17. The molecule has 0 unspecified atom stereocenters. The van der Waals surface area contributed by atoms with Crippen LogP contribution in [0, 0.1) is 11.3 Å². The van der Waals surface area contributed by atoms with Gasteiger partial charge in [0.2, 0.25) is 0 Å². The predicted octanol–water partition coefficient (Wildman–Crippen LogP) is 3.67. The Morgan fingerprint density at radius 1 is 1.38 bits per heavy atom. The van der Waals surface area contributed by atoms with E-state index in [1.165, 1.54) is 6.07 Å². The highest BCUT2D eigenvalue weighted by Crippen LogP contribution is 2.37. The molecule has 0 saturated carbocycles. The molecule has 0 atom stereocenters. The SMILES string of the molecule is N#Cc1c(C(F)(F)F)ncc(C(F)F)c1Br. The van der Waals surface area contributed by atoms with Crippen LogP contribution in [0.4, 0.5) is 22.0 Å². The molecule has 0 spiro atoms. The molecule has 0 amide bonds. The van der Waals surface area contributed by atoms with E-state index in [0.717, 1.165) is 0 Å². The first-order valence-corrected chi connectivity index (χ1v) is 4.52. The van der Waals surface area contributed by atoms with Gasteiger partial charge in [-0.15, -0.1) is 0 Å². The van der Waals surface area contributed by atoms with Gasteiger partial charge < -0.3 is 0 Å². The number of hydrogen-bond acceptors (Lipinski definition) is 2. The standard InChI is InChI=1S/C8H2BrF5N2/c9-5-3(1-15)6(8(12,13)14)16-2-4(5)7(10)11/h2,7H. The Morgan fingerprint density at radius 2 is 1.94 bits per heavy atom. The largest absolute Gasteiger partial charge is 0.434 e. The third kappa shape index (κ3) is 2.29. The molecule has 1 rings (SSSR count). The van der Waals surface area contributed by atoms with Gasteiger partial charge in [0.15, 0.2) is 5.69 Å². The Morgan fingerprint density at radius 3 is 2.31 bits per heavy atom. The number of nitrogens with zero attached hydrogens (tertiary/aromatic N) is 2. The fourth-order valence-electron chi connectivity index (χ4n) is 0.973. The number of nitriles is 1. The first kappa shape index (κ1) is 12.8. The maximum atomic E-state index is 12.3. The van der Waals surface area contributed by atoms with Gasteiger partial charge in [-0.2, -0.15) is 18.4 Å². The summed E-state index contributed by atoms with van der Waals surface area (Å²) >= 11 is 2.54. The Balaban J connectivity index is 3.49. The van der Waals surface area contributed by atoms with Gasteiger partial charge in [-0.3, -0.25) is 0 Å². The lowest BCUT2D eigenvalue weighted by Crippen LogP contribution is -2.12. The Hall–Kier alpha value is -1.23. The van der Waals surface area contributed by atoms with Crippen LogP contribution >= 0.6 is 15.9 Å². The minimum Gasteiger partial charge on any atom is -0.250 e. The number of aromatic nitrogens is 1. The third-order valence-electron chi connectivity index (χ3n) is 1.66. The number of pyridine rings is 1. The zero-order valence-electron chi connectivity index (χ0n) is 7.32. The highest BCUT2D eigenvalue weighted by molar-refractivity contribution is 9.10. The highest BCUT2D eigenvalue weighted by atomic mass is 79.9. The van der Waals surface area contributed by atoms with E-state index < -0.39 is 33.9 Å². The monoisotopic (exact) mass is 300 g/mol. The zero-order valence-corrected chi connectivity index (χ0v) is 8.90. The van der Waals surface area contributed by atoms with Crippen molar-refractivity contribution in [3.63, 3.8) is 0 Å². The van der Waals surface area contributed by atoms with Crippen molar-refractivity contribution in [3.8, 4) is 6.07 Å². The quantitative estimate of drug-likeness (QED) is 0.742. The summed E-state index contributed by atoms with van der Waals surface area (Å²) in [5, 5.41) is 8.50. The van der Waals surface area contributed by atoms with Gasteiger partial charge in [0, 0.05) is 10.7 Å². The van der Waals surface area contributed by atoms with E-state index in [4.69, 9.17) is 5.26 Å². The van der Waals surface area contributed by atoms with Gasteiger partial charge in [-0.25, -0.2) is 13.8 Å². The van der Waals surface area contributed by atoms with Crippen molar-refractivity contribution in [2.75, 3.05) is 0 Å². The van der Waals surface area contributed by atoms with Gasteiger partial charge >= 0.3 is 6.18 Å². The summed E-state index contributed by atoms with van der Waals surface area (Å²) in [6.07, 6.45) is -7.46. The molecule has 1 aromatic heterocycles. The molecule has 0 aliphatic rings. The molecule has 1 heterocycles. The lowest BCUT2D eigenvalue weighted by Gasteiger charge is -2.11. The molecule has 0 fully saturated rings. The van der Waals surface area contributed by atoms with E-state index in [0.29, 0.717) is 6.20 Å². The Bertz CT molecular complexity index is 449. The van der Waals surface area contributed by atoms with Crippen LogP contribution < -0.4 is 0 Å². The molecular weight excluding hydrogens is 299 g/mol. The maximum Gasteiger partial charge on any atom is 0.434 e. The van der Waals surface area contributed by atoms with Gasteiger partial charge in [0.1, 0.15) is 6.07 Å². The van der Waals surface area contributed by atoms with E-state index in [-0.39, 0.29) is 0 Å². The third-order valence-corrected chi connectivity index (χ3v) is 2.51. The minimum absolute atomic E-state index is 0.401. The van der Waals surface area contributed by atoms with Gasteiger partial charge in [-0.1, -0.05) is 0 Å². The highest BCUT2D eigenvalue weighted by Gasteiger charge is 2.37. The van der Waals surface area contributed by atoms with Crippen molar-refractivity contribution in [1.82, 2.24) is 4.98 Å². The smallest absolute Gasteiger partial charge is 0.250 e. The van der Waals surface area contributed by atoms with Crippen LogP contribution in [0.25, 0.3) is 0 Å². The normalized spacial score (nSPS) is 11.6. The van der Waals surface area contributed by atoms with E-state index in [1.807, 2.05) is 0 Å². The van der Waals surface area contributed by atoms with Crippen LogP contribution in [-0.2, 0) is 6.18 Å². The van der Waals surface area contributed by atoms with Crippen LogP contribution in [0.1, 0.15) is 23.2 Å². The topological polar surface area (TPSA) is 36.7 Å². The molecule has 0 aliphatic carbocycles. The van der Waals surface area contributed by atoms with Gasteiger partial charge in [0.05, 0.1) is 11.1 Å². The average molecular weight is 301 g/mol. The average Bonchev–Trinajstić information content (AvgIpc) is 2.15. The Labute approximate surface area is 94.8 Å². The summed E-state index contributed by atoms with van der Waals surface area (Å²) in [5.74, 6) is 0. The predicted molar refractivity (Wildman–Crippen MR) is 46.6 cm³/mol. The molecule has 0 bridgehead atoms. The van der Waals surface area contributed by atoms with Crippen LogP contribution in [0.15, 0.2) is 10.7 Å². The van der Waals surface area contributed by atoms with Crippen LogP contribution in [0.2, 0.25) is 0 Å². The van der Waals surface area contributed by atoms with Crippen molar-refractivity contribution >= 4 is 15.9 Å². The summed E-state index contributed by atoms with van der Waals surface area (Å²) in [4.78, 5) is 2.85. The fraction of sp³-hybridized carbons (Fsp3) is 0.250. The number of rotatable bonds is 1.